The fraction of sp³-hybridized carbons (Fsp3) is 0.722. The van der Waals surface area contributed by atoms with E-state index in [1.807, 2.05) is 0 Å². The van der Waals surface area contributed by atoms with Crippen molar-refractivity contribution < 1.29 is 93.4 Å². The van der Waals surface area contributed by atoms with Crippen LogP contribution in [0.1, 0.15) is 118 Å². The molecule has 0 heterocycles. The van der Waals surface area contributed by atoms with Crippen LogP contribution in [0.5, 0.6) is 11.5 Å². The van der Waals surface area contributed by atoms with E-state index < -0.39 is 20.8 Å². The molecule has 0 amide bonds. The number of rotatable bonds is 9. The van der Waals surface area contributed by atoms with Crippen molar-refractivity contribution in [3.8, 4) is 11.5 Å². The first-order valence-corrected chi connectivity index (χ1v) is 19.7. The van der Waals surface area contributed by atoms with E-state index in [2.05, 4.69) is 51.8 Å². The van der Waals surface area contributed by atoms with Crippen molar-refractivity contribution in [1.82, 2.24) is 0 Å². The number of benzene rings is 1. The molecule has 0 radical (unpaired) electrons. The van der Waals surface area contributed by atoms with Gasteiger partial charge in [0.05, 0.1) is 0 Å². The number of hydrogen-bond acceptors (Lipinski definition) is 8. The topological polar surface area (TPSA) is 133 Å². The van der Waals surface area contributed by atoms with E-state index in [-0.39, 0.29) is 104 Å². The van der Waals surface area contributed by atoms with Gasteiger partial charge < -0.3 is 17.5 Å². The van der Waals surface area contributed by atoms with Crippen LogP contribution in [0.15, 0.2) is 42.0 Å². The molecule has 3 fully saturated rings. The monoisotopic (exact) mass is 722 g/mol. The van der Waals surface area contributed by atoms with Crippen LogP contribution in [0.3, 0.4) is 0 Å². The van der Waals surface area contributed by atoms with Crippen LogP contribution in [-0.2, 0) is 27.2 Å². The summed E-state index contributed by atoms with van der Waals surface area (Å²) in [5.74, 6) is 1.20. The zero-order chi connectivity index (χ0) is 33.9. The van der Waals surface area contributed by atoms with E-state index >= 15 is 0 Å². The van der Waals surface area contributed by atoms with Gasteiger partial charge in [-0.15, -0.1) is 0 Å². The fourth-order valence-corrected chi connectivity index (χ4v) is 11.2. The molecular weight excluding hydrogens is 671 g/mol. The van der Waals surface area contributed by atoms with Crippen LogP contribution in [0, 0.1) is 45.3 Å². The molecule has 0 aliphatic heterocycles. The molecule has 4 aliphatic rings. The second kappa shape index (κ2) is 15.2. The number of fused-ring (bicyclic) bond motifs is 2. The number of hydrogen-bond donors (Lipinski definition) is 0. The third kappa shape index (κ3) is 8.50. The molecule has 4 aliphatic carbocycles. The van der Waals surface area contributed by atoms with E-state index in [9.17, 15) is 25.9 Å². The molecule has 0 saturated heterocycles. The summed E-state index contributed by atoms with van der Waals surface area (Å²) in [6.45, 7) is 19.0. The minimum Gasteiger partial charge on any atom is -0.716 e. The Kier molecular flexibility index (Phi) is 13.5. The zero-order valence-electron chi connectivity index (χ0n) is 30.4. The maximum Gasteiger partial charge on any atom is 1.00 e. The molecule has 0 N–H and O–H groups in total. The molecule has 1 aromatic carbocycles. The van der Waals surface area contributed by atoms with Gasteiger partial charge in [-0.3, -0.25) is 0 Å². The van der Waals surface area contributed by atoms with Gasteiger partial charge in [0.1, 0.15) is 11.5 Å². The first-order valence-electron chi connectivity index (χ1n) is 17.0. The summed E-state index contributed by atoms with van der Waals surface area (Å²) in [5, 5.41) is 0. The maximum absolute atomic E-state index is 11.7. The first kappa shape index (κ1) is 42.5. The molecule has 8 nitrogen and oxygen atoms in total. The van der Waals surface area contributed by atoms with Gasteiger partial charge in [-0.05, 0) is 134 Å². The van der Waals surface area contributed by atoms with Gasteiger partial charge in [-0.25, -0.2) is 16.8 Å². The normalized spacial score (nSPS) is 34.8. The molecule has 1 aromatic rings. The van der Waals surface area contributed by atoms with Crippen molar-refractivity contribution >= 4 is 20.8 Å². The van der Waals surface area contributed by atoms with Gasteiger partial charge in [-0.2, -0.15) is 0 Å². The van der Waals surface area contributed by atoms with E-state index in [1.165, 1.54) is 37.0 Å². The molecule has 7 atom stereocenters. The molecule has 0 bridgehead atoms. The van der Waals surface area contributed by atoms with Crippen molar-refractivity contribution in [2.75, 3.05) is 0 Å². The van der Waals surface area contributed by atoms with E-state index in [0.717, 1.165) is 57.4 Å². The van der Waals surface area contributed by atoms with Crippen molar-refractivity contribution in [3.05, 3.63) is 47.6 Å². The molecule has 5 rings (SSSR count). The van der Waals surface area contributed by atoms with Crippen LogP contribution in [0.4, 0.5) is 0 Å². The van der Waals surface area contributed by atoms with Crippen LogP contribution in [0.25, 0.3) is 0 Å². The third-order valence-corrected chi connectivity index (χ3v) is 14.2. The summed E-state index contributed by atoms with van der Waals surface area (Å²) >= 11 is 0. The Hall–Kier alpha value is 0.120. The van der Waals surface area contributed by atoms with Crippen LogP contribution in [-0.4, -0.2) is 25.9 Å². The smallest absolute Gasteiger partial charge is 0.716 e. The molecule has 48 heavy (non-hydrogen) atoms. The maximum atomic E-state index is 11.7. The van der Waals surface area contributed by atoms with Gasteiger partial charge in [0.15, 0.2) is 0 Å². The summed E-state index contributed by atoms with van der Waals surface area (Å²) in [5.41, 5.74) is 3.25. The minimum absolute atomic E-state index is 0. The molecular formula is C36H52Na2O8S2. The van der Waals surface area contributed by atoms with Gasteiger partial charge in [0.25, 0.3) is 20.8 Å². The quantitative estimate of drug-likeness (QED) is 0.164. The van der Waals surface area contributed by atoms with Crippen LogP contribution >= 0.6 is 0 Å². The predicted molar refractivity (Wildman–Crippen MR) is 177 cm³/mol. The Labute approximate surface area is 334 Å². The average Bonchev–Trinajstić information content (AvgIpc) is 2.93. The Balaban J connectivity index is 0.00000312. The summed E-state index contributed by atoms with van der Waals surface area (Å²) < 4.78 is 78.7. The molecule has 0 spiro atoms. The van der Waals surface area contributed by atoms with Crippen molar-refractivity contribution in [2.24, 2.45) is 45.3 Å². The SMILES string of the molecule is C=C1CCC[C@H]2[C@]1(CC[C@@]1(C)[C@@H]3CCCC(C)(C)C3=CC[C@@H]1C)CC[C@H](C)[C@]2(C)Cc1cc(OS(=O)(=O)[O-])ccc1OS(=O)(=O)[O-].[Na+].[Na+]. The van der Waals surface area contributed by atoms with Gasteiger partial charge in [0.2, 0.25) is 0 Å². The van der Waals surface area contributed by atoms with Gasteiger partial charge in [0, 0.05) is 5.56 Å². The summed E-state index contributed by atoms with van der Waals surface area (Å²) in [4.78, 5) is 0. The Bertz CT molecular complexity index is 1610. The summed E-state index contributed by atoms with van der Waals surface area (Å²) in [6, 6.07) is 3.64. The summed E-state index contributed by atoms with van der Waals surface area (Å²) in [6.07, 6.45) is 14.9. The Morgan fingerprint density at radius 3 is 2.17 bits per heavy atom. The largest absolute Gasteiger partial charge is 1.00 e. The average molecular weight is 723 g/mol. The first-order chi connectivity index (χ1) is 21.2. The van der Waals surface area contributed by atoms with Crippen molar-refractivity contribution in [1.29, 1.82) is 0 Å². The predicted octanol–water partition coefficient (Wildman–Crippen LogP) is 2.27. The fourth-order valence-electron chi connectivity index (χ4n) is 10.4. The van der Waals surface area contributed by atoms with E-state index in [1.54, 1.807) is 5.57 Å². The van der Waals surface area contributed by atoms with Crippen LogP contribution in [0.2, 0.25) is 0 Å². The van der Waals surface area contributed by atoms with E-state index in [4.69, 9.17) is 10.8 Å². The molecule has 3 saturated carbocycles. The number of allylic oxidation sites excluding steroid dienone is 3. The van der Waals surface area contributed by atoms with Crippen molar-refractivity contribution in [3.63, 3.8) is 0 Å². The van der Waals surface area contributed by atoms with Gasteiger partial charge in [-0.1, -0.05) is 71.8 Å². The second-order valence-electron chi connectivity index (χ2n) is 16.2. The Morgan fingerprint density at radius 1 is 0.854 bits per heavy atom. The Morgan fingerprint density at radius 2 is 1.52 bits per heavy atom. The van der Waals surface area contributed by atoms with Crippen LogP contribution < -0.4 is 67.5 Å². The molecule has 12 heteroatoms. The van der Waals surface area contributed by atoms with Gasteiger partial charge >= 0.3 is 59.1 Å². The molecule has 258 valence electrons. The van der Waals surface area contributed by atoms with Crippen molar-refractivity contribution in [2.45, 2.75) is 119 Å². The summed E-state index contributed by atoms with van der Waals surface area (Å²) in [7, 11) is -10.2. The standard InChI is InChI=1S/C36H54O8S2.2Na/c1-24-13-15-29-30(11-9-18-33(29,4)5)34(24,6)20-21-36-19-17-25(2)35(7,32(36)12-8-10-26(36)3)23-27-22-28(43-45(37,38)39)14-16-31(27)44-46(40,41)42;;/h14-16,22,24-25,30,32H,3,8-13,17-21,23H2,1-2,4-7H3,(H,37,38,39)(H,40,41,42);;/q;2*+1/p-2/t24-,25-,30+,32+,34+,35-,36-;;/m0../s1. The molecule has 0 unspecified atom stereocenters. The second-order valence-corrected chi connectivity index (χ2v) is 18.2. The molecule has 0 aromatic heterocycles. The van der Waals surface area contributed by atoms with E-state index in [0.29, 0.717) is 23.8 Å². The third-order valence-electron chi connectivity index (χ3n) is 13.5. The zero-order valence-corrected chi connectivity index (χ0v) is 36.0. The minimum atomic E-state index is -5.11.